The summed E-state index contributed by atoms with van der Waals surface area (Å²) in [6.07, 6.45) is -0.482. The van der Waals surface area contributed by atoms with Crippen LogP contribution in [0.5, 0.6) is 5.75 Å². The van der Waals surface area contributed by atoms with E-state index in [1.54, 1.807) is 45.0 Å². The lowest BCUT2D eigenvalue weighted by atomic mass is 10.2. The molecule has 0 radical (unpaired) electrons. The summed E-state index contributed by atoms with van der Waals surface area (Å²) in [5.41, 5.74) is -0.0799. The van der Waals surface area contributed by atoms with Gasteiger partial charge in [-0.15, -0.1) is 0 Å². The van der Waals surface area contributed by atoms with Crippen LogP contribution in [-0.4, -0.2) is 37.4 Å². The van der Waals surface area contributed by atoms with E-state index in [9.17, 15) is 9.59 Å². The van der Waals surface area contributed by atoms with Crippen molar-refractivity contribution in [2.24, 2.45) is 0 Å². The monoisotopic (exact) mass is 309 g/mol. The van der Waals surface area contributed by atoms with Crippen molar-refractivity contribution in [1.29, 1.82) is 0 Å². The summed E-state index contributed by atoms with van der Waals surface area (Å²) in [5, 5.41) is 2.69. The molecular formula is C16H23NO5. The Kier molecular flexibility index (Phi) is 6.22. The van der Waals surface area contributed by atoms with Crippen molar-refractivity contribution in [3.8, 4) is 5.75 Å². The highest BCUT2D eigenvalue weighted by Gasteiger charge is 2.17. The predicted molar refractivity (Wildman–Crippen MR) is 82.1 cm³/mol. The van der Waals surface area contributed by atoms with Crippen LogP contribution in [0.15, 0.2) is 24.3 Å². The van der Waals surface area contributed by atoms with Crippen molar-refractivity contribution in [3.63, 3.8) is 0 Å². The van der Waals surface area contributed by atoms with Gasteiger partial charge in [0, 0.05) is 0 Å². The van der Waals surface area contributed by atoms with Gasteiger partial charge < -0.3 is 19.5 Å². The molecule has 0 aliphatic carbocycles. The third kappa shape index (κ3) is 6.47. The van der Waals surface area contributed by atoms with Gasteiger partial charge in [0.15, 0.2) is 0 Å². The fraction of sp³-hybridized carbons (Fsp3) is 0.500. The van der Waals surface area contributed by atoms with Gasteiger partial charge in [0.05, 0.1) is 18.7 Å². The van der Waals surface area contributed by atoms with E-state index in [1.165, 1.54) is 7.11 Å². The molecule has 1 unspecified atom stereocenters. The van der Waals surface area contributed by atoms with Crippen molar-refractivity contribution in [3.05, 3.63) is 29.8 Å². The Bertz CT molecular complexity index is 504. The predicted octanol–water partition coefficient (Wildman–Crippen LogP) is 2.77. The Morgan fingerprint density at radius 2 is 1.77 bits per heavy atom. The molecule has 0 bridgehead atoms. The van der Waals surface area contributed by atoms with E-state index in [0.29, 0.717) is 11.3 Å². The SMILES string of the molecule is COC(=O)c1ccc(OCC(C)NC(=O)OC(C)(C)C)cc1. The zero-order chi connectivity index (χ0) is 16.8. The first-order chi connectivity index (χ1) is 10.2. The zero-order valence-corrected chi connectivity index (χ0v) is 13.6. The Balaban J connectivity index is 2.42. The minimum atomic E-state index is -0.533. The number of hydrogen-bond acceptors (Lipinski definition) is 5. The van der Waals surface area contributed by atoms with E-state index >= 15 is 0 Å². The van der Waals surface area contributed by atoms with Gasteiger partial charge >= 0.3 is 12.1 Å². The van der Waals surface area contributed by atoms with E-state index in [-0.39, 0.29) is 12.6 Å². The number of esters is 1. The quantitative estimate of drug-likeness (QED) is 0.847. The number of methoxy groups -OCH3 is 1. The number of amides is 1. The maximum atomic E-state index is 11.6. The van der Waals surface area contributed by atoms with E-state index in [0.717, 1.165) is 0 Å². The number of carbonyl (C=O) groups is 2. The van der Waals surface area contributed by atoms with Crippen molar-refractivity contribution < 1.29 is 23.8 Å². The van der Waals surface area contributed by atoms with Crippen LogP contribution in [0.4, 0.5) is 4.79 Å². The normalized spacial score (nSPS) is 12.2. The van der Waals surface area contributed by atoms with Gasteiger partial charge in [0.25, 0.3) is 0 Å². The van der Waals surface area contributed by atoms with Crippen molar-refractivity contribution >= 4 is 12.1 Å². The molecule has 1 amide bonds. The molecule has 0 heterocycles. The van der Waals surface area contributed by atoms with Crippen LogP contribution < -0.4 is 10.1 Å². The molecule has 1 rings (SSSR count). The van der Waals surface area contributed by atoms with Crippen LogP contribution in [0, 0.1) is 0 Å². The average Bonchev–Trinajstić information content (AvgIpc) is 2.42. The Morgan fingerprint density at radius 1 is 1.18 bits per heavy atom. The summed E-state index contributed by atoms with van der Waals surface area (Å²) in [6.45, 7) is 7.51. The third-order valence-electron chi connectivity index (χ3n) is 2.54. The lowest BCUT2D eigenvalue weighted by Crippen LogP contribution is -2.40. The number of carbonyl (C=O) groups excluding carboxylic acids is 2. The van der Waals surface area contributed by atoms with Gasteiger partial charge in [-0.1, -0.05) is 0 Å². The fourth-order valence-corrected chi connectivity index (χ4v) is 1.58. The number of hydrogen-bond donors (Lipinski definition) is 1. The highest BCUT2D eigenvalue weighted by molar-refractivity contribution is 5.89. The molecule has 0 aromatic heterocycles. The Labute approximate surface area is 130 Å². The van der Waals surface area contributed by atoms with E-state index in [4.69, 9.17) is 9.47 Å². The van der Waals surface area contributed by atoms with Crippen LogP contribution in [0.3, 0.4) is 0 Å². The van der Waals surface area contributed by atoms with E-state index < -0.39 is 17.7 Å². The van der Waals surface area contributed by atoms with E-state index in [1.807, 2.05) is 6.92 Å². The average molecular weight is 309 g/mol. The number of alkyl carbamates (subject to hydrolysis) is 1. The topological polar surface area (TPSA) is 73.9 Å². The summed E-state index contributed by atoms with van der Waals surface area (Å²) in [4.78, 5) is 22.9. The van der Waals surface area contributed by atoms with Gasteiger partial charge in [-0.3, -0.25) is 0 Å². The lowest BCUT2D eigenvalue weighted by molar-refractivity contribution is 0.0492. The smallest absolute Gasteiger partial charge is 0.407 e. The van der Waals surface area contributed by atoms with Gasteiger partial charge in [-0.2, -0.15) is 0 Å². The van der Waals surface area contributed by atoms with Crippen LogP contribution in [-0.2, 0) is 9.47 Å². The van der Waals surface area contributed by atoms with Crippen molar-refractivity contribution in [2.45, 2.75) is 39.3 Å². The van der Waals surface area contributed by atoms with Crippen LogP contribution in [0.1, 0.15) is 38.1 Å². The summed E-state index contributed by atoms with van der Waals surface area (Å²) < 4.78 is 15.3. The van der Waals surface area contributed by atoms with Crippen LogP contribution in [0.2, 0.25) is 0 Å². The second-order valence-corrected chi connectivity index (χ2v) is 5.87. The number of ether oxygens (including phenoxy) is 3. The second-order valence-electron chi connectivity index (χ2n) is 5.87. The summed E-state index contributed by atoms with van der Waals surface area (Å²) in [5.74, 6) is 0.206. The molecule has 22 heavy (non-hydrogen) atoms. The molecule has 0 fully saturated rings. The summed E-state index contributed by atoms with van der Waals surface area (Å²) in [6, 6.07) is 6.37. The Morgan fingerprint density at radius 3 is 2.27 bits per heavy atom. The largest absolute Gasteiger partial charge is 0.491 e. The fourth-order valence-electron chi connectivity index (χ4n) is 1.58. The molecule has 1 atom stereocenters. The first kappa shape index (κ1) is 17.8. The number of rotatable bonds is 5. The molecule has 0 saturated heterocycles. The molecule has 0 aliphatic rings. The second kappa shape index (κ2) is 7.68. The first-order valence-electron chi connectivity index (χ1n) is 7.02. The highest BCUT2D eigenvalue weighted by Crippen LogP contribution is 2.13. The minimum Gasteiger partial charge on any atom is -0.491 e. The summed E-state index contributed by atoms with van der Waals surface area (Å²) >= 11 is 0. The van der Waals surface area contributed by atoms with Crippen LogP contribution in [0.25, 0.3) is 0 Å². The van der Waals surface area contributed by atoms with Gasteiger partial charge in [-0.25, -0.2) is 9.59 Å². The minimum absolute atomic E-state index is 0.213. The lowest BCUT2D eigenvalue weighted by Gasteiger charge is -2.22. The molecular weight excluding hydrogens is 286 g/mol. The molecule has 0 saturated carbocycles. The Hall–Kier alpha value is -2.24. The number of nitrogens with one attached hydrogen (secondary N) is 1. The maximum Gasteiger partial charge on any atom is 0.407 e. The van der Waals surface area contributed by atoms with E-state index in [2.05, 4.69) is 10.1 Å². The van der Waals surface area contributed by atoms with Crippen LogP contribution >= 0.6 is 0 Å². The zero-order valence-electron chi connectivity index (χ0n) is 13.6. The van der Waals surface area contributed by atoms with Crippen molar-refractivity contribution in [2.75, 3.05) is 13.7 Å². The van der Waals surface area contributed by atoms with Gasteiger partial charge in [0.2, 0.25) is 0 Å². The summed E-state index contributed by atoms with van der Waals surface area (Å²) in [7, 11) is 1.33. The molecule has 1 aromatic carbocycles. The molecule has 6 nitrogen and oxygen atoms in total. The van der Waals surface area contributed by atoms with Gasteiger partial charge in [-0.05, 0) is 52.0 Å². The molecule has 122 valence electrons. The molecule has 0 aliphatic heterocycles. The highest BCUT2D eigenvalue weighted by atomic mass is 16.6. The third-order valence-corrected chi connectivity index (χ3v) is 2.54. The molecule has 1 aromatic rings. The van der Waals surface area contributed by atoms with Gasteiger partial charge in [0.1, 0.15) is 18.0 Å². The first-order valence-corrected chi connectivity index (χ1v) is 7.02. The maximum absolute atomic E-state index is 11.6. The molecule has 6 heteroatoms. The standard InChI is InChI=1S/C16H23NO5/c1-11(17-15(19)22-16(2,3)4)10-21-13-8-6-12(7-9-13)14(18)20-5/h6-9,11H,10H2,1-5H3,(H,17,19). The molecule has 1 N–H and O–H groups in total. The number of benzene rings is 1. The molecule has 0 spiro atoms. The van der Waals surface area contributed by atoms with Crippen molar-refractivity contribution in [1.82, 2.24) is 5.32 Å².